The van der Waals surface area contributed by atoms with Crippen molar-refractivity contribution in [1.29, 1.82) is 0 Å². The number of hydrogen-bond donors (Lipinski definition) is 2. The van der Waals surface area contributed by atoms with Gasteiger partial charge >= 0.3 is 0 Å². The average Bonchev–Trinajstić information content (AvgIpc) is 2.43. The van der Waals surface area contributed by atoms with Crippen LogP contribution >= 0.6 is 0 Å². The van der Waals surface area contributed by atoms with Crippen LogP contribution in [0.1, 0.15) is 5.56 Å². The van der Waals surface area contributed by atoms with Crippen LogP contribution in [0.5, 0.6) is 5.75 Å². The molecule has 0 saturated heterocycles. The molecule has 2 rings (SSSR count). The number of aliphatic hydroxyl groups is 1. The summed E-state index contributed by atoms with van der Waals surface area (Å²) in [7, 11) is 1.89. The standard InChI is InChI=1S/C10H11NO2/c1-11-5-7(6-12)9-3-2-8(13)4-10(9)11/h2-5,12-13H,6H2,1H3. The Labute approximate surface area is 75.9 Å². The number of aromatic hydroxyl groups is 1. The van der Waals surface area contributed by atoms with E-state index in [0.29, 0.717) is 0 Å². The zero-order valence-corrected chi connectivity index (χ0v) is 7.36. The summed E-state index contributed by atoms with van der Waals surface area (Å²) in [5.74, 6) is 0.248. The summed E-state index contributed by atoms with van der Waals surface area (Å²) in [5, 5.41) is 19.3. The molecule has 0 atom stereocenters. The minimum absolute atomic E-state index is 0.0299. The number of hydrogen-bond acceptors (Lipinski definition) is 2. The Kier molecular flexibility index (Phi) is 1.74. The molecule has 1 aromatic heterocycles. The van der Waals surface area contributed by atoms with Crippen LogP contribution in [0.2, 0.25) is 0 Å². The van der Waals surface area contributed by atoms with Gasteiger partial charge in [0.15, 0.2) is 0 Å². The second-order valence-corrected chi connectivity index (χ2v) is 3.12. The van der Waals surface area contributed by atoms with E-state index in [4.69, 9.17) is 5.11 Å². The van der Waals surface area contributed by atoms with Gasteiger partial charge in [0.2, 0.25) is 0 Å². The predicted octanol–water partition coefficient (Wildman–Crippen LogP) is 1.38. The summed E-state index contributed by atoms with van der Waals surface area (Å²) in [5.41, 5.74) is 1.82. The molecule has 0 unspecified atom stereocenters. The van der Waals surface area contributed by atoms with Gasteiger partial charge in [-0.2, -0.15) is 0 Å². The van der Waals surface area contributed by atoms with E-state index < -0.39 is 0 Å². The largest absolute Gasteiger partial charge is 0.508 e. The molecule has 1 aromatic carbocycles. The lowest BCUT2D eigenvalue weighted by Crippen LogP contribution is -1.82. The molecule has 3 heteroatoms. The number of rotatable bonds is 1. The minimum Gasteiger partial charge on any atom is -0.508 e. The molecule has 0 aliphatic rings. The van der Waals surface area contributed by atoms with Crippen LogP contribution in [0.25, 0.3) is 10.9 Å². The first-order valence-electron chi connectivity index (χ1n) is 4.10. The van der Waals surface area contributed by atoms with Crippen molar-refractivity contribution in [2.45, 2.75) is 6.61 Å². The van der Waals surface area contributed by atoms with Gasteiger partial charge in [-0.05, 0) is 12.1 Å². The fourth-order valence-corrected chi connectivity index (χ4v) is 1.58. The zero-order valence-electron chi connectivity index (χ0n) is 7.36. The van der Waals surface area contributed by atoms with Crippen LogP contribution in [-0.4, -0.2) is 14.8 Å². The lowest BCUT2D eigenvalue weighted by atomic mass is 10.2. The maximum absolute atomic E-state index is 9.26. The quantitative estimate of drug-likeness (QED) is 0.691. The highest BCUT2D eigenvalue weighted by molar-refractivity contribution is 5.85. The molecule has 2 N–H and O–H groups in total. The minimum atomic E-state index is 0.0299. The first kappa shape index (κ1) is 8.13. The van der Waals surface area contributed by atoms with E-state index in [1.807, 2.05) is 23.9 Å². The van der Waals surface area contributed by atoms with Crippen LogP contribution in [0.15, 0.2) is 24.4 Å². The van der Waals surface area contributed by atoms with Crippen molar-refractivity contribution in [3.63, 3.8) is 0 Å². The van der Waals surface area contributed by atoms with Crippen molar-refractivity contribution in [3.05, 3.63) is 30.0 Å². The van der Waals surface area contributed by atoms with Gasteiger partial charge < -0.3 is 14.8 Å². The van der Waals surface area contributed by atoms with Gasteiger partial charge in [-0.15, -0.1) is 0 Å². The summed E-state index contributed by atoms with van der Waals surface area (Å²) in [6.45, 7) is 0.0299. The lowest BCUT2D eigenvalue weighted by molar-refractivity contribution is 0.283. The third-order valence-corrected chi connectivity index (χ3v) is 2.23. The first-order valence-corrected chi connectivity index (χ1v) is 4.10. The number of fused-ring (bicyclic) bond motifs is 1. The smallest absolute Gasteiger partial charge is 0.117 e. The number of phenols is 1. The van der Waals surface area contributed by atoms with Crippen LogP contribution in [0.4, 0.5) is 0 Å². The summed E-state index contributed by atoms with van der Waals surface area (Å²) in [4.78, 5) is 0. The van der Waals surface area contributed by atoms with Gasteiger partial charge in [0.1, 0.15) is 5.75 Å². The van der Waals surface area contributed by atoms with Crippen molar-refractivity contribution >= 4 is 10.9 Å². The maximum Gasteiger partial charge on any atom is 0.117 e. The van der Waals surface area contributed by atoms with Crippen LogP contribution < -0.4 is 0 Å². The first-order chi connectivity index (χ1) is 6.22. The highest BCUT2D eigenvalue weighted by Crippen LogP contribution is 2.24. The molecule has 2 aromatic rings. The van der Waals surface area contributed by atoms with Crippen molar-refractivity contribution in [1.82, 2.24) is 4.57 Å². The van der Waals surface area contributed by atoms with Gasteiger partial charge in [0, 0.05) is 30.3 Å². The Hall–Kier alpha value is -1.48. The average molecular weight is 177 g/mol. The van der Waals surface area contributed by atoms with E-state index in [0.717, 1.165) is 16.5 Å². The third-order valence-electron chi connectivity index (χ3n) is 2.23. The Morgan fingerprint density at radius 3 is 2.85 bits per heavy atom. The highest BCUT2D eigenvalue weighted by Gasteiger charge is 2.05. The van der Waals surface area contributed by atoms with E-state index in [2.05, 4.69) is 0 Å². The highest BCUT2D eigenvalue weighted by atomic mass is 16.3. The molecule has 0 radical (unpaired) electrons. The number of aryl methyl sites for hydroxylation is 1. The molecule has 0 bridgehead atoms. The second-order valence-electron chi connectivity index (χ2n) is 3.12. The van der Waals surface area contributed by atoms with Gasteiger partial charge in [0.05, 0.1) is 12.1 Å². The normalized spacial score (nSPS) is 10.9. The SMILES string of the molecule is Cn1cc(CO)c2ccc(O)cc21. The molecular formula is C10H11NO2. The summed E-state index contributed by atoms with van der Waals surface area (Å²) in [6.07, 6.45) is 1.87. The van der Waals surface area contributed by atoms with Crippen molar-refractivity contribution in [2.75, 3.05) is 0 Å². The number of aliphatic hydroxyl groups excluding tert-OH is 1. The number of phenolic OH excluding ortho intramolecular Hbond substituents is 1. The second kappa shape index (κ2) is 2.78. The van der Waals surface area contributed by atoms with Gasteiger partial charge in [-0.25, -0.2) is 0 Å². The maximum atomic E-state index is 9.26. The van der Waals surface area contributed by atoms with Gasteiger partial charge in [0.25, 0.3) is 0 Å². The molecule has 0 aliphatic carbocycles. The molecule has 0 aliphatic heterocycles. The Balaban J connectivity index is 2.80. The Morgan fingerprint density at radius 1 is 1.38 bits per heavy atom. The summed E-state index contributed by atoms with van der Waals surface area (Å²) < 4.78 is 1.89. The molecule has 0 amide bonds. The topological polar surface area (TPSA) is 45.4 Å². The summed E-state index contributed by atoms with van der Waals surface area (Å²) >= 11 is 0. The van der Waals surface area contributed by atoms with Crippen molar-refractivity contribution in [2.24, 2.45) is 7.05 Å². The van der Waals surface area contributed by atoms with Crippen LogP contribution in [0, 0.1) is 0 Å². The molecular weight excluding hydrogens is 166 g/mol. The van der Waals surface area contributed by atoms with Crippen molar-refractivity contribution < 1.29 is 10.2 Å². The molecule has 0 saturated carbocycles. The van der Waals surface area contributed by atoms with Crippen LogP contribution in [0.3, 0.4) is 0 Å². The Bertz CT molecular complexity index is 445. The number of nitrogens with zero attached hydrogens (tertiary/aromatic N) is 1. The van der Waals surface area contributed by atoms with E-state index in [1.54, 1.807) is 12.1 Å². The molecule has 0 fully saturated rings. The molecule has 68 valence electrons. The van der Waals surface area contributed by atoms with E-state index in [1.165, 1.54) is 0 Å². The van der Waals surface area contributed by atoms with E-state index in [9.17, 15) is 5.11 Å². The van der Waals surface area contributed by atoms with Gasteiger partial charge in [-0.1, -0.05) is 0 Å². The predicted molar refractivity (Wildman–Crippen MR) is 50.5 cm³/mol. The molecule has 3 nitrogen and oxygen atoms in total. The number of aromatic nitrogens is 1. The molecule has 13 heavy (non-hydrogen) atoms. The van der Waals surface area contributed by atoms with Crippen LogP contribution in [-0.2, 0) is 13.7 Å². The lowest BCUT2D eigenvalue weighted by Gasteiger charge is -1.96. The van der Waals surface area contributed by atoms with Crippen molar-refractivity contribution in [3.8, 4) is 5.75 Å². The number of benzene rings is 1. The van der Waals surface area contributed by atoms with E-state index >= 15 is 0 Å². The fourth-order valence-electron chi connectivity index (χ4n) is 1.58. The molecule has 0 spiro atoms. The monoisotopic (exact) mass is 177 g/mol. The summed E-state index contributed by atoms with van der Waals surface area (Å²) in [6, 6.07) is 5.13. The fraction of sp³-hybridized carbons (Fsp3) is 0.200. The molecule has 1 heterocycles. The third kappa shape index (κ3) is 1.17. The van der Waals surface area contributed by atoms with Gasteiger partial charge in [-0.3, -0.25) is 0 Å². The zero-order chi connectivity index (χ0) is 9.42. The Morgan fingerprint density at radius 2 is 2.15 bits per heavy atom. The van der Waals surface area contributed by atoms with E-state index in [-0.39, 0.29) is 12.4 Å².